The van der Waals surface area contributed by atoms with E-state index in [0.717, 1.165) is 31.5 Å². The number of amides is 2. The smallest absolute Gasteiger partial charge is 0.373 e. The highest BCUT2D eigenvalue weighted by Crippen LogP contribution is 2.39. The van der Waals surface area contributed by atoms with Crippen molar-refractivity contribution in [2.24, 2.45) is 17.6 Å². The minimum atomic E-state index is -4.56. The van der Waals surface area contributed by atoms with Crippen LogP contribution in [-0.4, -0.2) is 52.9 Å². The number of hydrogen-bond donors (Lipinski definition) is 3. The lowest BCUT2D eigenvalue weighted by molar-refractivity contribution is -0.150. The molecule has 0 radical (unpaired) electrons. The van der Waals surface area contributed by atoms with E-state index in [0.29, 0.717) is 24.0 Å². The number of piperidine rings is 1. The van der Waals surface area contributed by atoms with E-state index in [-0.39, 0.29) is 46.6 Å². The lowest BCUT2D eigenvalue weighted by atomic mass is 9.95. The van der Waals surface area contributed by atoms with Crippen LogP contribution in [0, 0.1) is 18.8 Å². The molecule has 8 nitrogen and oxygen atoms in total. The van der Waals surface area contributed by atoms with Crippen molar-refractivity contribution in [2.75, 3.05) is 10.2 Å². The van der Waals surface area contributed by atoms with Crippen molar-refractivity contribution in [1.29, 1.82) is 0 Å². The number of aryl methyl sites for hydroxylation is 1. The van der Waals surface area contributed by atoms with Crippen LogP contribution in [0.5, 0.6) is 0 Å². The topological polar surface area (TPSA) is 117 Å². The molecular weight excluding hydrogens is 535 g/mol. The maximum absolute atomic E-state index is 13.7. The zero-order chi connectivity index (χ0) is 29.6. The van der Waals surface area contributed by atoms with Gasteiger partial charge in [-0.05, 0) is 81.2 Å². The highest BCUT2D eigenvalue weighted by Gasteiger charge is 2.43. The second-order valence-electron chi connectivity index (χ2n) is 12.0. The summed E-state index contributed by atoms with van der Waals surface area (Å²) in [6.07, 6.45) is 2.29. The molecule has 2 aliphatic heterocycles. The van der Waals surface area contributed by atoms with Crippen LogP contribution in [0.3, 0.4) is 0 Å². The third kappa shape index (κ3) is 6.04. The fraction of sp³-hybridized carbons (Fsp3) is 0.533. The van der Waals surface area contributed by atoms with Crippen LogP contribution in [0.25, 0.3) is 0 Å². The summed E-state index contributed by atoms with van der Waals surface area (Å²) in [4.78, 5) is 44.7. The summed E-state index contributed by atoms with van der Waals surface area (Å²) in [6.45, 7) is 4.48. The number of pyridine rings is 1. The molecular formula is C30H36F3N5O3. The van der Waals surface area contributed by atoms with E-state index in [2.05, 4.69) is 20.5 Å². The SMILES string of the molecule is Cc1cc(C(N)=O)c(NC(C(C)C)C(F)(F)F)cc1C(=O)N[C@H]1C[C@H]2CC[C@@H](C1)N2c1ccc(C(=O)C2CC2)cn1. The molecule has 3 heterocycles. The van der Waals surface area contributed by atoms with Crippen LogP contribution in [0.15, 0.2) is 30.5 Å². The quantitative estimate of drug-likeness (QED) is 0.365. The first-order valence-electron chi connectivity index (χ1n) is 14.2. The number of anilines is 2. The van der Waals surface area contributed by atoms with Gasteiger partial charge in [0.2, 0.25) is 0 Å². The van der Waals surface area contributed by atoms with Crippen LogP contribution in [0.2, 0.25) is 0 Å². The Hall–Kier alpha value is -3.63. The summed E-state index contributed by atoms with van der Waals surface area (Å²) < 4.78 is 41.0. The van der Waals surface area contributed by atoms with Crippen LogP contribution < -0.4 is 21.3 Å². The van der Waals surface area contributed by atoms with Crippen LogP contribution in [0.4, 0.5) is 24.7 Å². The number of fused-ring (bicyclic) bond motifs is 2. The zero-order valence-corrected chi connectivity index (χ0v) is 23.4. The van der Waals surface area contributed by atoms with Gasteiger partial charge in [0.05, 0.1) is 5.56 Å². The van der Waals surface area contributed by atoms with Gasteiger partial charge in [-0.2, -0.15) is 13.2 Å². The van der Waals surface area contributed by atoms with Gasteiger partial charge in [-0.15, -0.1) is 0 Å². The molecule has 4 N–H and O–H groups in total. The maximum Gasteiger partial charge on any atom is 0.408 e. The Kier molecular flexibility index (Phi) is 7.74. The molecule has 5 rings (SSSR count). The Balaban J connectivity index is 1.30. The van der Waals surface area contributed by atoms with E-state index in [1.165, 1.54) is 26.0 Å². The minimum Gasteiger partial charge on any atom is -0.373 e. The highest BCUT2D eigenvalue weighted by molar-refractivity contribution is 6.03. The van der Waals surface area contributed by atoms with Gasteiger partial charge < -0.3 is 21.3 Å². The van der Waals surface area contributed by atoms with E-state index in [4.69, 9.17) is 5.73 Å². The number of ketones is 1. The number of alkyl halides is 3. The summed E-state index contributed by atoms with van der Waals surface area (Å²) in [6, 6.07) is 4.71. The predicted octanol–water partition coefficient (Wildman–Crippen LogP) is 5.01. The van der Waals surface area contributed by atoms with E-state index in [1.54, 1.807) is 13.1 Å². The van der Waals surface area contributed by atoms with Gasteiger partial charge >= 0.3 is 6.18 Å². The summed E-state index contributed by atoms with van der Waals surface area (Å²) in [5, 5.41) is 5.50. The standard InChI is InChI=1S/C30H36F3N5O3/c1-15(2)27(30(31,32)33)37-24-13-22(16(3)10-23(24)28(34)40)29(41)36-19-11-20-7-8-21(12-19)38(20)25-9-6-18(14-35-25)26(39)17-4-5-17/h6,9-10,13-15,17,19-21,27,37H,4-5,7-8,11-12H2,1-3H3,(H2,34,40)(H,36,41)/t19-,20+,21-,27?. The number of hydrogen-bond acceptors (Lipinski definition) is 6. The number of aromatic nitrogens is 1. The Morgan fingerprint density at radius 2 is 1.68 bits per heavy atom. The van der Waals surface area contributed by atoms with Crippen molar-refractivity contribution in [1.82, 2.24) is 10.3 Å². The average Bonchev–Trinajstić information content (AvgIpc) is 3.71. The maximum atomic E-state index is 13.7. The summed E-state index contributed by atoms with van der Waals surface area (Å²) >= 11 is 0. The summed E-state index contributed by atoms with van der Waals surface area (Å²) in [5.41, 5.74) is 6.53. The fourth-order valence-corrected chi connectivity index (χ4v) is 6.27. The molecule has 3 aliphatic rings. The number of rotatable bonds is 9. The molecule has 4 atom stereocenters. The molecule has 1 unspecified atom stereocenters. The Labute approximate surface area is 237 Å². The molecule has 41 heavy (non-hydrogen) atoms. The number of Topliss-reactive ketones (excluding diaryl/α,β-unsaturated/α-hetero) is 1. The number of primary amides is 1. The molecule has 1 saturated carbocycles. The molecule has 1 aromatic heterocycles. The Morgan fingerprint density at radius 1 is 1.02 bits per heavy atom. The molecule has 1 aromatic carbocycles. The largest absolute Gasteiger partial charge is 0.408 e. The van der Waals surface area contributed by atoms with Gasteiger partial charge in [0.15, 0.2) is 5.78 Å². The molecule has 2 saturated heterocycles. The van der Waals surface area contributed by atoms with Crippen LogP contribution >= 0.6 is 0 Å². The molecule has 3 fully saturated rings. The predicted molar refractivity (Wildman–Crippen MR) is 149 cm³/mol. The third-order valence-electron chi connectivity index (χ3n) is 8.52. The van der Waals surface area contributed by atoms with E-state index in [1.807, 2.05) is 12.1 Å². The number of nitrogens with zero attached hydrogens (tertiary/aromatic N) is 2. The van der Waals surface area contributed by atoms with Crippen molar-refractivity contribution < 1.29 is 27.6 Å². The van der Waals surface area contributed by atoms with Gasteiger partial charge in [-0.1, -0.05) is 13.8 Å². The minimum absolute atomic E-state index is 0.0994. The molecule has 2 amide bonds. The van der Waals surface area contributed by atoms with Crippen molar-refractivity contribution in [3.8, 4) is 0 Å². The monoisotopic (exact) mass is 571 g/mol. The highest BCUT2D eigenvalue weighted by atomic mass is 19.4. The number of carbonyl (C=O) groups is 3. The number of nitrogens with two attached hydrogens (primary N) is 1. The Morgan fingerprint density at radius 3 is 2.20 bits per heavy atom. The fourth-order valence-electron chi connectivity index (χ4n) is 6.27. The first-order valence-corrected chi connectivity index (χ1v) is 14.2. The summed E-state index contributed by atoms with van der Waals surface area (Å²) in [5.74, 6) is -0.985. The van der Waals surface area contributed by atoms with Gasteiger partial charge in [0.25, 0.3) is 11.8 Å². The average molecular weight is 572 g/mol. The molecule has 11 heteroatoms. The third-order valence-corrected chi connectivity index (χ3v) is 8.52. The number of nitrogens with one attached hydrogen (secondary N) is 2. The number of halogens is 3. The molecule has 2 bridgehead atoms. The Bertz CT molecular complexity index is 1330. The normalized spacial score (nSPS) is 22.9. The van der Waals surface area contributed by atoms with Gasteiger partial charge in [0.1, 0.15) is 11.9 Å². The lowest BCUT2D eigenvalue weighted by Crippen LogP contribution is -2.51. The van der Waals surface area contributed by atoms with Crippen LogP contribution in [0.1, 0.15) is 89.0 Å². The molecule has 2 aromatic rings. The first-order chi connectivity index (χ1) is 19.3. The van der Waals surface area contributed by atoms with E-state index >= 15 is 0 Å². The number of carbonyl (C=O) groups excluding carboxylic acids is 3. The van der Waals surface area contributed by atoms with Crippen molar-refractivity contribution >= 4 is 29.1 Å². The van der Waals surface area contributed by atoms with Crippen LogP contribution in [-0.2, 0) is 0 Å². The van der Waals surface area contributed by atoms with Gasteiger partial charge in [-0.25, -0.2) is 4.98 Å². The van der Waals surface area contributed by atoms with E-state index in [9.17, 15) is 27.6 Å². The zero-order valence-electron chi connectivity index (χ0n) is 23.4. The van der Waals surface area contributed by atoms with Crippen molar-refractivity contribution in [2.45, 2.75) is 89.6 Å². The van der Waals surface area contributed by atoms with Gasteiger partial charge in [-0.3, -0.25) is 14.4 Å². The van der Waals surface area contributed by atoms with E-state index < -0.39 is 30.0 Å². The summed E-state index contributed by atoms with van der Waals surface area (Å²) in [7, 11) is 0. The molecule has 0 spiro atoms. The molecule has 1 aliphatic carbocycles. The second kappa shape index (κ2) is 11.0. The van der Waals surface area contributed by atoms with Gasteiger partial charge in [0, 0.05) is 47.1 Å². The van der Waals surface area contributed by atoms with Crippen molar-refractivity contribution in [3.05, 3.63) is 52.7 Å². The van der Waals surface area contributed by atoms with Crippen molar-refractivity contribution in [3.63, 3.8) is 0 Å². The first kappa shape index (κ1) is 28.9. The second-order valence-corrected chi connectivity index (χ2v) is 12.0. The molecule has 220 valence electrons. The number of benzene rings is 1. The lowest BCUT2D eigenvalue weighted by Gasteiger charge is -2.40.